The molecular formula is C22H23FN6O. The van der Waals surface area contributed by atoms with Crippen LogP contribution in [0.15, 0.2) is 42.9 Å². The smallest absolute Gasteiger partial charge is 0.151 e. The first-order valence-corrected chi connectivity index (χ1v) is 9.61. The number of hydrogen-bond donors (Lipinski definition) is 2. The molecule has 4 aromatic heterocycles. The molecule has 0 atom stereocenters. The number of anilines is 2. The van der Waals surface area contributed by atoms with Gasteiger partial charge in [0, 0.05) is 23.8 Å². The molecule has 0 bridgehead atoms. The molecule has 0 amide bonds. The molecule has 0 aliphatic carbocycles. The fraction of sp³-hybridized carbons (Fsp3) is 0.273. The van der Waals surface area contributed by atoms with Crippen LogP contribution in [-0.4, -0.2) is 35.4 Å². The van der Waals surface area contributed by atoms with Crippen LogP contribution in [0.3, 0.4) is 0 Å². The zero-order valence-corrected chi connectivity index (χ0v) is 17.3. The predicted octanol–water partition coefficient (Wildman–Crippen LogP) is 4.16. The standard InChI is InChI=1S/C22H23FN6O/c1-13-10-25-18(20-15(23)6-5-14(2)26-20)9-17(13)27-16-7-8-24-19-11-29(28-21(16)19)12-22(3,4)30/h5-11,30H,12H2,1-4H3,(H,25,27). The maximum atomic E-state index is 14.3. The predicted molar refractivity (Wildman–Crippen MR) is 114 cm³/mol. The van der Waals surface area contributed by atoms with Crippen molar-refractivity contribution in [2.75, 3.05) is 5.32 Å². The maximum Gasteiger partial charge on any atom is 0.151 e. The largest absolute Gasteiger partial charge is 0.389 e. The molecule has 0 aliphatic rings. The summed E-state index contributed by atoms with van der Waals surface area (Å²) in [6.45, 7) is 7.54. The summed E-state index contributed by atoms with van der Waals surface area (Å²) in [4.78, 5) is 13.0. The number of fused-ring (bicyclic) bond motifs is 1. The average molecular weight is 406 g/mol. The first kappa shape index (κ1) is 19.9. The maximum absolute atomic E-state index is 14.3. The summed E-state index contributed by atoms with van der Waals surface area (Å²) in [5.41, 5.74) is 4.30. The molecule has 0 aliphatic heterocycles. The Hall–Kier alpha value is -3.39. The van der Waals surface area contributed by atoms with Crippen LogP contribution < -0.4 is 5.32 Å². The molecule has 0 spiro atoms. The molecule has 0 radical (unpaired) electrons. The van der Waals surface area contributed by atoms with Gasteiger partial charge in [-0.3, -0.25) is 14.6 Å². The lowest BCUT2D eigenvalue weighted by atomic mass is 10.1. The molecule has 8 heteroatoms. The number of hydrogen-bond acceptors (Lipinski definition) is 6. The third-order valence-electron chi connectivity index (χ3n) is 4.60. The van der Waals surface area contributed by atoms with Crippen molar-refractivity contribution < 1.29 is 9.50 Å². The Kier molecular flexibility index (Phi) is 4.95. The van der Waals surface area contributed by atoms with Gasteiger partial charge in [-0.25, -0.2) is 9.37 Å². The molecule has 2 N–H and O–H groups in total. The van der Waals surface area contributed by atoms with Crippen molar-refractivity contribution in [1.29, 1.82) is 0 Å². The second-order valence-corrected chi connectivity index (χ2v) is 8.02. The highest BCUT2D eigenvalue weighted by atomic mass is 19.1. The number of halogens is 1. The number of aryl methyl sites for hydroxylation is 2. The van der Waals surface area contributed by atoms with E-state index in [2.05, 4.69) is 25.4 Å². The van der Waals surface area contributed by atoms with Gasteiger partial charge in [0.05, 0.1) is 29.7 Å². The third kappa shape index (κ3) is 4.13. The number of nitrogens with one attached hydrogen (secondary N) is 1. The van der Waals surface area contributed by atoms with Gasteiger partial charge in [0.2, 0.25) is 0 Å². The minimum atomic E-state index is -0.892. The molecule has 4 aromatic rings. The van der Waals surface area contributed by atoms with E-state index in [0.717, 1.165) is 22.6 Å². The SMILES string of the molecule is Cc1ccc(F)c(-c2cc(Nc3ccnc4cn(CC(C)(C)O)nc34)c(C)cn2)n1. The molecule has 7 nitrogen and oxygen atoms in total. The Morgan fingerprint density at radius 2 is 1.93 bits per heavy atom. The van der Waals surface area contributed by atoms with E-state index >= 15 is 0 Å². The quantitative estimate of drug-likeness (QED) is 0.517. The van der Waals surface area contributed by atoms with Crippen molar-refractivity contribution >= 4 is 22.4 Å². The van der Waals surface area contributed by atoms with E-state index in [-0.39, 0.29) is 5.69 Å². The summed E-state index contributed by atoms with van der Waals surface area (Å²) in [7, 11) is 0. The van der Waals surface area contributed by atoms with Gasteiger partial charge in [-0.2, -0.15) is 5.10 Å². The van der Waals surface area contributed by atoms with Crippen molar-refractivity contribution in [3.63, 3.8) is 0 Å². The van der Waals surface area contributed by atoms with E-state index < -0.39 is 11.4 Å². The normalized spacial score (nSPS) is 11.8. The Labute approximate surface area is 173 Å². The summed E-state index contributed by atoms with van der Waals surface area (Å²) in [6, 6.07) is 6.63. The van der Waals surface area contributed by atoms with Crippen LogP contribution in [0.1, 0.15) is 25.1 Å². The highest BCUT2D eigenvalue weighted by Crippen LogP contribution is 2.29. The van der Waals surface area contributed by atoms with Crippen LogP contribution in [0.2, 0.25) is 0 Å². The second kappa shape index (κ2) is 7.46. The first-order valence-electron chi connectivity index (χ1n) is 9.61. The van der Waals surface area contributed by atoms with E-state index in [4.69, 9.17) is 0 Å². The van der Waals surface area contributed by atoms with E-state index in [1.807, 2.05) is 19.9 Å². The molecule has 4 rings (SSSR count). The number of aromatic nitrogens is 5. The first-order chi connectivity index (χ1) is 14.2. The molecule has 0 aromatic carbocycles. The molecule has 0 unspecified atom stereocenters. The fourth-order valence-electron chi connectivity index (χ4n) is 3.20. The van der Waals surface area contributed by atoms with Crippen molar-refractivity contribution in [2.45, 2.75) is 39.8 Å². The molecule has 0 saturated carbocycles. The van der Waals surface area contributed by atoms with Crippen molar-refractivity contribution in [3.05, 3.63) is 59.9 Å². The zero-order chi connectivity index (χ0) is 21.5. The van der Waals surface area contributed by atoms with Gasteiger partial charge < -0.3 is 10.4 Å². The van der Waals surface area contributed by atoms with Crippen molar-refractivity contribution in [2.24, 2.45) is 0 Å². The molecule has 0 saturated heterocycles. The van der Waals surface area contributed by atoms with Gasteiger partial charge in [-0.15, -0.1) is 0 Å². The minimum absolute atomic E-state index is 0.215. The summed E-state index contributed by atoms with van der Waals surface area (Å²) in [6.07, 6.45) is 5.18. The summed E-state index contributed by atoms with van der Waals surface area (Å²) < 4.78 is 16.0. The lowest BCUT2D eigenvalue weighted by Gasteiger charge is -2.16. The topological polar surface area (TPSA) is 88.8 Å². The Bertz CT molecular complexity index is 1230. The van der Waals surface area contributed by atoms with E-state index in [1.54, 1.807) is 49.3 Å². The zero-order valence-electron chi connectivity index (χ0n) is 17.3. The highest BCUT2D eigenvalue weighted by Gasteiger charge is 2.17. The van der Waals surface area contributed by atoms with Crippen LogP contribution in [0.5, 0.6) is 0 Å². The van der Waals surface area contributed by atoms with Crippen molar-refractivity contribution in [1.82, 2.24) is 24.7 Å². The third-order valence-corrected chi connectivity index (χ3v) is 4.60. The Balaban J connectivity index is 1.72. The fourth-order valence-corrected chi connectivity index (χ4v) is 3.20. The van der Waals surface area contributed by atoms with Gasteiger partial charge in [0.25, 0.3) is 0 Å². The Morgan fingerprint density at radius 1 is 1.13 bits per heavy atom. The van der Waals surface area contributed by atoms with Crippen LogP contribution in [-0.2, 0) is 6.54 Å². The molecular weight excluding hydrogens is 383 g/mol. The van der Waals surface area contributed by atoms with Crippen LogP contribution >= 0.6 is 0 Å². The van der Waals surface area contributed by atoms with E-state index in [1.165, 1.54) is 6.07 Å². The minimum Gasteiger partial charge on any atom is -0.389 e. The highest BCUT2D eigenvalue weighted by molar-refractivity contribution is 5.89. The van der Waals surface area contributed by atoms with Gasteiger partial charge in [0.15, 0.2) is 5.82 Å². The lowest BCUT2D eigenvalue weighted by molar-refractivity contribution is 0.0580. The van der Waals surface area contributed by atoms with Crippen LogP contribution in [0, 0.1) is 19.7 Å². The number of nitrogens with zero attached hydrogens (tertiary/aromatic N) is 5. The van der Waals surface area contributed by atoms with E-state index in [9.17, 15) is 9.50 Å². The molecule has 4 heterocycles. The van der Waals surface area contributed by atoms with Crippen molar-refractivity contribution in [3.8, 4) is 11.4 Å². The summed E-state index contributed by atoms with van der Waals surface area (Å²) in [5.74, 6) is -0.417. The number of rotatable bonds is 5. The van der Waals surface area contributed by atoms with Gasteiger partial charge in [0.1, 0.15) is 16.7 Å². The summed E-state index contributed by atoms with van der Waals surface area (Å²) >= 11 is 0. The molecule has 154 valence electrons. The molecule has 0 fully saturated rings. The number of pyridine rings is 3. The molecule has 30 heavy (non-hydrogen) atoms. The Morgan fingerprint density at radius 3 is 2.70 bits per heavy atom. The van der Waals surface area contributed by atoms with Gasteiger partial charge in [-0.05, 0) is 57.5 Å². The van der Waals surface area contributed by atoms with Gasteiger partial charge >= 0.3 is 0 Å². The van der Waals surface area contributed by atoms with Crippen LogP contribution in [0.4, 0.5) is 15.8 Å². The lowest BCUT2D eigenvalue weighted by Crippen LogP contribution is -2.26. The van der Waals surface area contributed by atoms with Crippen LogP contribution in [0.25, 0.3) is 22.4 Å². The monoisotopic (exact) mass is 406 g/mol. The number of aliphatic hydroxyl groups is 1. The average Bonchev–Trinajstić information content (AvgIpc) is 3.07. The summed E-state index contributed by atoms with van der Waals surface area (Å²) in [5, 5.41) is 18.0. The van der Waals surface area contributed by atoms with Gasteiger partial charge in [-0.1, -0.05) is 0 Å². The van der Waals surface area contributed by atoms with E-state index in [0.29, 0.717) is 23.3 Å². The second-order valence-electron chi connectivity index (χ2n) is 8.02.